The Kier molecular flexibility index (Phi) is 5.00. The van der Waals surface area contributed by atoms with E-state index < -0.39 is 15.8 Å². The maximum absolute atomic E-state index is 13.2. The Balaban J connectivity index is 1.71. The predicted molar refractivity (Wildman–Crippen MR) is 97.3 cm³/mol. The number of hydrogen-bond acceptors (Lipinski definition) is 6. The van der Waals surface area contributed by atoms with Crippen LogP contribution in [-0.4, -0.2) is 47.7 Å². The highest BCUT2D eigenvalue weighted by molar-refractivity contribution is 7.89. The molecule has 0 fully saturated rings. The average Bonchev–Trinajstić information content (AvgIpc) is 3.34. The van der Waals surface area contributed by atoms with E-state index in [0.717, 1.165) is 23.4 Å². The molecular weight excluding hydrogens is 387 g/mol. The standard InChI is InChI=1S/C18H19FN4O4S/c1-26-9-8-23-17-6-7-22(28(24,25)14-4-2-13(19)3-5-14)10-15(17)18(21-23)16-11-27-12-20-16/h2-5,11-12H,6-10H2,1H3. The van der Waals surface area contributed by atoms with Gasteiger partial charge in [-0.1, -0.05) is 0 Å². The number of fused-ring (bicyclic) bond motifs is 1. The first-order valence-corrected chi connectivity index (χ1v) is 10.2. The first-order valence-electron chi connectivity index (χ1n) is 8.72. The third kappa shape index (κ3) is 3.34. The summed E-state index contributed by atoms with van der Waals surface area (Å²) in [7, 11) is -2.14. The number of hydrogen-bond donors (Lipinski definition) is 0. The number of halogens is 1. The quantitative estimate of drug-likeness (QED) is 0.623. The number of rotatable bonds is 6. The summed E-state index contributed by atoms with van der Waals surface area (Å²) >= 11 is 0. The SMILES string of the molecule is COCCn1nc(-c2cocn2)c2c1CCN(S(=O)(=O)c1ccc(F)cc1)C2. The third-order valence-corrected chi connectivity index (χ3v) is 6.59. The summed E-state index contributed by atoms with van der Waals surface area (Å²) < 4.78 is 52.6. The van der Waals surface area contributed by atoms with E-state index in [1.165, 1.54) is 29.1 Å². The van der Waals surface area contributed by atoms with Gasteiger partial charge in [0.05, 0.1) is 18.0 Å². The summed E-state index contributed by atoms with van der Waals surface area (Å²) in [4.78, 5) is 4.22. The maximum Gasteiger partial charge on any atom is 0.243 e. The Morgan fingerprint density at radius 1 is 1.29 bits per heavy atom. The van der Waals surface area contributed by atoms with Gasteiger partial charge in [0.1, 0.15) is 23.5 Å². The molecule has 2 aromatic heterocycles. The molecule has 0 atom stereocenters. The molecule has 1 aliphatic rings. The summed E-state index contributed by atoms with van der Waals surface area (Å²) in [6.45, 7) is 1.51. The predicted octanol–water partition coefficient (Wildman–Crippen LogP) is 2.07. The maximum atomic E-state index is 13.2. The van der Waals surface area contributed by atoms with Gasteiger partial charge in [-0.15, -0.1) is 0 Å². The lowest BCUT2D eigenvalue weighted by atomic mass is 10.1. The van der Waals surface area contributed by atoms with E-state index in [0.29, 0.717) is 37.5 Å². The Morgan fingerprint density at radius 3 is 2.75 bits per heavy atom. The van der Waals surface area contributed by atoms with Crippen molar-refractivity contribution in [2.45, 2.75) is 24.4 Å². The molecule has 0 spiro atoms. The zero-order valence-corrected chi connectivity index (χ0v) is 16.0. The number of benzene rings is 1. The number of ether oxygens (including phenoxy) is 1. The van der Waals surface area contributed by atoms with Gasteiger partial charge in [-0.25, -0.2) is 17.8 Å². The number of sulfonamides is 1. The highest BCUT2D eigenvalue weighted by Crippen LogP contribution is 2.31. The fraction of sp³-hybridized carbons (Fsp3) is 0.333. The molecule has 0 bridgehead atoms. The molecule has 0 saturated carbocycles. The molecular formula is C18H19FN4O4S. The van der Waals surface area contributed by atoms with Crippen LogP contribution >= 0.6 is 0 Å². The molecule has 0 radical (unpaired) electrons. The number of methoxy groups -OCH3 is 1. The molecule has 0 amide bonds. The van der Waals surface area contributed by atoms with Crippen molar-refractivity contribution in [1.29, 1.82) is 0 Å². The second-order valence-corrected chi connectivity index (χ2v) is 8.34. The molecule has 148 valence electrons. The van der Waals surface area contributed by atoms with Crippen molar-refractivity contribution in [2.24, 2.45) is 0 Å². The molecule has 0 saturated heterocycles. The summed E-state index contributed by atoms with van der Waals surface area (Å²) in [5.74, 6) is -0.479. The average molecular weight is 406 g/mol. The topological polar surface area (TPSA) is 90.5 Å². The first kappa shape index (κ1) is 18.8. The van der Waals surface area contributed by atoms with Crippen LogP contribution in [0.3, 0.4) is 0 Å². The van der Waals surface area contributed by atoms with Crippen molar-refractivity contribution in [3.05, 3.63) is 54.0 Å². The van der Waals surface area contributed by atoms with Crippen molar-refractivity contribution in [2.75, 3.05) is 20.3 Å². The lowest BCUT2D eigenvalue weighted by Gasteiger charge is -2.27. The minimum Gasteiger partial charge on any atom is -0.451 e. The van der Waals surface area contributed by atoms with Crippen molar-refractivity contribution in [1.82, 2.24) is 19.1 Å². The van der Waals surface area contributed by atoms with Crippen LogP contribution in [0.4, 0.5) is 4.39 Å². The second-order valence-electron chi connectivity index (χ2n) is 6.41. The molecule has 28 heavy (non-hydrogen) atoms. The van der Waals surface area contributed by atoms with Crippen LogP contribution in [0, 0.1) is 5.82 Å². The van der Waals surface area contributed by atoms with E-state index in [2.05, 4.69) is 10.1 Å². The zero-order valence-electron chi connectivity index (χ0n) is 15.2. The van der Waals surface area contributed by atoms with Crippen LogP contribution in [0.5, 0.6) is 0 Å². The van der Waals surface area contributed by atoms with E-state index in [-0.39, 0.29) is 11.4 Å². The number of nitrogens with zero attached hydrogens (tertiary/aromatic N) is 4. The lowest BCUT2D eigenvalue weighted by molar-refractivity contribution is 0.182. The van der Waals surface area contributed by atoms with Gasteiger partial charge in [0, 0.05) is 37.9 Å². The number of oxazole rings is 1. The molecule has 1 aliphatic heterocycles. The smallest absolute Gasteiger partial charge is 0.243 e. The van der Waals surface area contributed by atoms with Gasteiger partial charge in [0.2, 0.25) is 10.0 Å². The van der Waals surface area contributed by atoms with E-state index in [4.69, 9.17) is 9.15 Å². The van der Waals surface area contributed by atoms with Crippen LogP contribution < -0.4 is 0 Å². The fourth-order valence-electron chi connectivity index (χ4n) is 3.32. The molecule has 3 heterocycles. The zero-order chi connectivity index (χ0) is 19.7. The molecule has 1 aromatic carbocycles. The molecule has 0 N–H and O–H groups in total. The summed E-state index contributed by atoms with van der Waals surface area (Å²) in [6, 6.07) is 4.85. The van der Waals surface area contributed by atoms with Gasteiger partial charge < -0.3 is 9.15 Å². The van der Waals surface area contributed by atoms with Crippen LogP contribution in [0.25, 0.3) is 11.4 Å². The molecule has 8 nitrogen and oxygen atoms in total. The summed E-state index contributed by atoms with van der Waals surface area (Å²) in [5.41, 5.74) is 2.90. The Labute approximate surface area is 161 Å². The van der Waals surface area contributed by atoms with Gasteiger partial charge in [-0.2, -0.15) is 9.40 Å². The van der Waals surface area contributed by atoms with Gasteiger partial charge in [-0.3, -0.25) is 4.68 Å². The van der Waals surface area contributed by atoms with E-state index in [1.54, 1.807) is 7.11 Å². The van der Waals surface area contributed by atoms with Gasteiger partial charge in [0.15, 0.2) is 6.39 Å². The monoisotopic (exact) mass is 406 g/mol. The molecule has 4 rings (SSSR count). The lowest BCUT2D eigenvalue weighted by Crippen LogP contribution is -2.36. The highest BCUT2D eigenvalue weighted by atomic mass is 32.2. The number of aromatic nitrogens is 3. The van der Waals surface area contributed by atoms with Gasteiger partial charge in [-0.05, 0) is 24.3 Å². The second kappa shape index (κ2) is 7.46. The van der Waals surface area contributed by atoms with Crippen LogP contribution in [0.2, 0.25) is 0 Å². The molecule has 10 heteroatoms. The van der Waals surface area contributed by atoms with E-state index in [9.17, 15) is 12.8 Å². The summed E-state index contributed by atoms with van der Waals surface area (Å²) in [6.07, 6.45) is 3.30. The van der Waals surface area contributed by atoms with E-state index in [1.807, 2.05) is 4.68 Å². The molecule has 0 unspecified atom stereocenters. The van der Waals surface area contributed by atoms with Crippen LogP contribution in [-0.2, 0) is 34.3 Å². The van der Waals surface area contributed by atoms with Crippen molar-refractivity contribution < 1.29 is 22.0 Å². The Morgan fingerprint density at radius 2 is 2.07 bits per heavy atom. The van der Waals surface area contributed by atoms with Crippen LogP contribution in [0.15, 0.2) is 46.2 Å². The van der Waals surface area contributed by atoms with Crippen LogP contribution in [0.1, 0.15) is 11.3 Å². The van der Waals surface area contributed by atoms with Crippen molar-refractivity contribution >= 4 is 10.0 Å². The Bertz CT molecular complexity index is 1060. The highest BCUT2D eigenvalue weighted by Gasteiger charge is 2.33. The van der Waals surface area contributed by atoms with Gasteiger partial charge in [0.25, 0.3) is 0 Å². The molecule has 0 aliphatic carbocycles. The minimum atomic E-state index is -3.75. The van der Waals surface area contributed by atoms with E-state index >= 15 is 0 Å². The third-order valence-electron chi connectivity index (χ3n) is 4.73. The normalized spacial score (nSPS) is 14.9. The summed E-state index contributed by atoms with van der Waals surface area (Å²) in [5, 5.41) is 4.62. The van der Waals surface area contributed by atoms with Crippen molar-refractivity contribution in [3.8, 4) is 11.4 Å². The minimum absolute atomic E-state index is 0.0621. The Hall–Kier alpha value is -2.56. The first-order chi connectivity index (χ1) is 13.5. The largest absolute Gasteiger partial charge is 0.451 e. The van der Waals surface area contributed by atoms with Crippen molar-refractivity contribution in [3.63, 3.8) is 0 Å². The fourth-order valence-corrected chi connectivity index (χ4v) is 4.73. The van der Waals surface area contributed by atoms with Gasteiger partial charge >= 0.3 is 0 Å². The molecule has 3 aromatic rings.